The summed E-state index contributed by atoms with van der Waals surface area (Å²) in [6.07, 6.45) is 0.679. The second-order valence-corrected chi connectivity index (χ2v) is 9.05. The first-order chi connectivity index (χ1) is 14.4. The number of carbonyl (C=O) groups is 3. The second-order valence-electron chi connectivity index (χ2n) is 9.05. The summed E-state index contributed by atoms with van der Waals surface area (Å²) in [4.78, 5) is 42.9. The third-order valence-electron chi connectivity index (χ3n) is 5.00. The molecule has 1 fully saturated rings. The van der Waals surface area contributed by atoms with Gasteiger partial charge in [-0.05, 0) is 64.7 Å². The van der Waals surface area contributed by atoms with Crippen molar-refractivity contribution in [2.75, 3.05) is 18.4 Å². The third-order valence-corrected chi connectivity index (χ3v) is 5.00. The number of aromatic nitrogens is 1. The first kappa shape index (κ1) is 24.4. The molecule has 0 bridgehead atoms. The Balaban J connectivity index is 2.15. The number of nitrogens with one attached hydrogen (secondary N) is 2. The minimum atomic E-state index is -0.799. The van der Waals surface area contributed by atoms with Crippen LogP contribution in [0.25, 0.3) is 0 Å². The number of amides is 4. The summed E-state index contributed by atoms with van der Waals surface area (Å²) in [5, 5.41) is 8.27. The molecule has 2 atom stereocenters. The van der Waals surface area contributed by atoms with Crippen LogP contribution in [-0.2, 0) is 9.53 Å². The van der Waals surface area contributed by atoms with Crippen LogP contribution in [0.15, 0.2) is 12.1 Å². The Morgan fingerprint density at radius 1 is 1.16 bits per heavy atom. The van der Waals surface area contributed by atoms with Gasteiger partial charge in [0.2, 0.25) is 0 Å². The minimum absolute atomic E-state index is 0.133. The van der Waals surface area contributed by atoms with Gasteiger partial charge in [-0.25, -0.2) is 24.6 Å². The molecule has 2 unspecified atom stereocenters. The zero-order valence-electron chi connectivity index (χ0n) is 19.6. The van der Waals surface area contributed by atoms with Gasteiger partial charge in [0.25, 0.3) is 5.91 Å². The van der Waals surface area contributed by atoms with Crippen LogP contribution < -0.4 is 10.6 Å². The van der Waals surface area contributed by atoms with E-state index in [-0.39, 0.29) is 11.8 Å². The van der Waals surface area contributed by atoms with Gasteiger partial charge < -0.3 is 10.1 Å². The lowest BCUT2D eigenvalue weighted by molar-refractivity contribution is -0.143. The van der Waals surface area contributed by atoms with Crippen molar-refractivity contribution >= 4 is 23.8 Å². The predicted octanol–water partition coefficient (Wildman–Crippen LogP) is 3.62. The molecule has 9 nitrogen and oxygen atoms in total. The minimum Gasteiger partial charge on any atom is -0.444 e. The van der Waals surface area contributed by atoms with E-state index in [1.165, 1.54) is 10.0 Å². The largest absolute Gasteiger partial charge is 0.444 e. The molecule has 1 aliphatic heterocycles. The zero-order valence-corrected chi connectivity index (χ0v) is 19.6. The highest BCUT2D eigenvalue weighted by Gasteiger charge is 2.38. The second kappa shape index (κ2) is 9.98. The number of alkyl carbamates (subject to hydrolysis) is 1. The number of rotatable bonds is 5. The quantitative estimate of drug-likeness (QED) is 0.738. The summed E-state index contributed by atoms with van der Waals surface area (Å²) >= 11 is 0. The molecule has 2 heterocycles. The van der Waals surface area contributed by atoms with Gasteiger partial charge in [0, 0.05) is 18.8 Å². The molecule has 4 amide bonds. The Hall–Kier alpha value is -2.84. The first-order valence-electron chi connectivity index (χ1n) is 10.8. The number of ether oxygens (including phenoxy) is 1. The van der Waals surface area contributed by atoms with Crippen LogP contribution >= 0.6 is 0 Å². The van der Waals surface area contributed by atoms with Crippen molar-refractivity contribution in [2.24, 2.45) is 5.92 Å². The van der Waals surface area contributed by atoms with E-state index in [1.807, 2.05) is 33.8 Å². The molecule has 2 N–H and O–H groups in total. The Morgan fingerprint density at radius 3 is 2.39 bits per heavy atom. The standard InChI is InChI=1S/C22H35N5O4/c1-8-15(3)18(25-21(30)31-22(5,6)7)19(28)26-10-9-11-27(26)20(29)24-17-13-14(2)12-16(4)23-17/h12-13,15,18H,8-11H2,1-7H3,(H,25,30)(H,23,24,29). The van der Waals surface area contributed by atoms with Crippen LogP contribution in [0.1, 0.15) is 58.7 Å². The molecule has 0 radical (unpaired) electrons. The first-order valence-corrected chi connectivity index (χ1v) is 10.8. The highest BCUT2D eigenvalue weighted by molar-refractivity contribution is 5.92. The fraction of sp³-hybridized carbons (Fsp3) is 0.636. The fourth-order valence-corrected chi connectivity index (χ4v) is 3.41. The van der Waals surface area contributed by atoms with Crippen LogP contribution in [-0.4, -0.2) is 57.8 Å². The van der Waals surface area contributed by atoms with E-state index in [2.05, 4.69) is 15.6 Å². The molecule has 2 rings (SSSR count). The van der Waals surface area contributed by atoms with Gasteiger partial charge >= 0.3 is 12.1 Å². The van der Waals surface area contributed by atoms with Gasteiger partial charge in [-0.1, -0.05) is 20.3 Å². The summed E-state index contributed by atoms with van der Waals surface area (Å²) in [5.41, 5.74) is 1.10. The SMILES string of the molecule is CCC(C)C(NC(=O)OC(C)(C)C)C(=O)N1CCCN1C(=O)Nc1cc(C)cc(C)n1. The van der Waals surface area contributed by atoms with Crippen LogP contribution in [0.4, 0.5) is 15.4 Å². The number of aryl methyl sites for hydroxylation is 2. The lowest BCUT2D eigenvalue weighted by atomic mass is 9.98. The zero-order chi connectivity index (χ0) is 23.3. The van der Waals surface area contributed by atoms with Crippen molar-refractivity contribution in [2.45, 2.75) is 73.0 Å². The molecule has 31 heavy (non-hydrogen) atoms. The van der Waals surface area contributed by atoms with Crippen molar-refractivity contribution in [1.82, 2.24) is 20.3 Å². The molecule has 1 aliphatic rings. The molecule has 0 aliphatic carbocycles. The van der Waals surface area contributed by atoms with Gasteiger partial charge in [0.15, 0.2) is 0 Å². The Kier molecular flexibility index (Phi) is 7.86. The van der Waals surface area contributed by atoms with Crippen LogP contribution in [0.3, 0.4) is 0 Å². The Labute approximate surface area is 184 Å². The number of pyridine rings is 1. The number of anilines is 1. The van der Waals surface area contributed by atoms with Crippen molar-refractivity contribution in [3.05, 3.63) is 23.4 Å². The molecule has 172 valence electrons. The molecule has 1 saturated heterocycles. The molecule has 0 aromatic carbocycles. The van der Waals surface area contributed by atoms with Crippen molar-refractivity contribution < 1.29 is 19.1 Å². The number of hydrogen-bond acceptors (Lipinski definition) is 5. The fourth-order valence-electron chi connectivity index (χ4n) is 3.41. The highest BCUT2D eigenvalue weighted by atomic mass is 16.6. The monoisotopic (exact) mass is 433 g/mol. The van der Waals surface area contributed by atoms with Gasteiger partial charge in [0.1, 0.15) is 17.5 Å². The van der Waals surface area contributed by atoms with Crippen molar-refractivity contribution in [3.63, 3.8) is 0 Å². The molecule has 0 saturated carbocycles. The van der Waals surface area contributed by atoms with E-state index in [1.54, 1.807) is 26.8 Å². The van der Waals surface area contributed by atoms with E-state index in [9.17, 15) is 14.4 Å². The maximum absolute atomic E-state index is 13.3. The molecular weight excluding hydrogens is 398 g/mol. The third kappa shape index (κ3) is 6.83. The molecule has 9 heteroatoms. The summed E-state index contributed by atoms with van der Waals surface area (Å²) in [5.74, 6) is -0.0278. The maximum atomic E-state index is 13.3. The number of hydrazine groups is 1. The molecule has 0 spiro atoms. The average Bonchev–Trinajstić information content (AvgIpc) is 3.12. The number of nitrogens with zero attached hydrogens (tertiary/aromatic N) is 3. The smallest absolute Gasteiger partial charge is 0.408 e. The Morgan fingerprint density at radius 2 is 1.81 bits per heavy atom. The van der Waals surface area contributed by atoms with Gasteiger partial charge in [-0.15, -0.1) is 0 Å². The lowest BCUT2D eigenvalue weighted by Crippen LogP contribution is -2.56. The van der Waals surface area contributed by atoms with Crippen molar-refractivity contribution in [3.8, 4) is 0 Å². The lowest BCUT2D eigenvalue weighted by Gasteiger charge is -2.33. The van der Waals surface area contributed by atoms with Crippen LogP contribution in [0.5, 0.6) is 0 Å². The average molecular weight is 434 g/mol. The van der Waals surface area contributed by atoms with E-state index in [4.69, 9.17) is 4.74 Å². The number of urea groups is 1. The van der Waals surface area contributed by atoms with Gasteiger partial charge in [-0.3, -0.25) is 10.1 Å². The van der Waals surface area contributed by atoms with E-state index < -0.39 is 23.8 Å². The summed E-state index contributed by atoms with van der Waals surface area (Å²) in [6, 6.07) is 2.47. The van der Waals surface area contributed by atoms with Crippen LogP contribution in [0.2, 0.25) is 0 Å². The Bertz CT molecular complexity index is 800. The summed E-state index contributed by atoms with van der Waals surface area (Å²) in [6.45, 7) is 13.7. The van der Waals surface area contributed by atoms with E-state index in [0.717, 1.165) is 11.3 Å². The number of carbonyl (C=O) groups excluding carboxylic acids is 3. The topological polar surface area (TPSA) is 104 Å². The summed E-state index contributed by atoms with van der Waals surface area (Å²) < 4.78 is 5.33. The maximum Gasteiger partial charge on any atom is 0.408 e. The van der Waals surface area contributed by atoms with Gasteiger partial charge in [-0.2, -0.15) is 0 Å². The van der Waals surface area contributed by atoms with Crippen LogP contribution in [0, 0.1) is 19.8 Å². The van der Waals surface area contributed by atoms with Gasteiger partial charge in [0.05, 0.1) is 0 Å². The van der Waals surface area contributed by atoms with E-state index >= 15 is 0 Å². The molecular formula is C22H35N5O4. The predicted molar refractivity (Wildman–Crippen MR) is 118 cm³/mol. The van der Waals surface area contributed by atoms with E-state index in [0.29, 0.717) is 31.7 Å². The summed E-state index contributed by atoms with van der Waals surface area (Å²) in [7, 11) is 0. The molecule has 1 aromatic rings. The normalized spacial score (nSPS) is 16.0. The molecule has 1 aromatic heterocycles. The highest BCUT2D eigenvalue weighted by Crippen LogP contribution is 2.19. The van der Waals surface area contributed by atoms with Crippen molar-refractivity contribution in [1.29, 1.82) is 0 Å². The number of hydrogen-bond donors (Lipinski definition) is 2.